The third-order valence-corrected chi connectivity index (χ3v) is 4.89. The fraction of sp³-hybridized carbons (Fsp3) is 0.450. The van der Waals surface area contributed by atoms with E-state index >= 15 is 0 Å². The zero-order valence-corrected chi connectivity index (χ0v) is 16.3. The fourth-order valence-electron chi connectivity index (χ4n) is 3.43. The Morgan fingerprint density at radius 1 is 1.14 bits per heavy atom. The predicted octanol–water partition coefficient (Wildman–Crippen LogP) is 1.73. The van der Waals surface area contributed by atoms with E-state index in [0.717, 1.165) is 36.8 Å². The standard InChI is InChI=1S/C20H24N4O5/c1-2-24-18(26)15-11-7-6-10-14(15)17(23-24)19(27)29-12-16(25)22-20(28)21-13-8-4-3-5-9-13/h6-7,10-11,13H,2-5,8-9,12H2,1H3,(H2,21,22,25,28). The van der Waals surface area contributed by atoms with Gasteiger partial charge in [0.1, 0.15) is 0 Å². The van der Waals surface area contributed by atoms with E-state index < -0.39 is 24.5 Å². The van der Waals surface area contributed by atoms with Crippen LogP contribution >= 0.6 is 0 Å². The molecule has 1 fully saturated rings. The van der Waals surface area contributed by atoms with Crippen LogP contribution in [0.3, 0.4) is 0 Å². The maximum Gasteiger partial charge on any atom is 0.359 e. The van der Waals surface area contributed by atoms with E-state index in [9.17, 15) is 19.2 Å². The molecule has 3 amide bonds. The number of nitrogens with one attached hydrogen (secondary N) is 2. The number of carbonyl (C=O) groups excluding carboxylic acids is 3. The summed E-state index contributed by atoms with van der Waals surface area (Å²) in [7, 11) is 0. The Hall–Kier alpha value is -3.23. The van der Waals surface area contributed by atoms with Crippen LogP contribution in [-0.2, 0) is 16.1 Å². The summed E-state index contributed by atoms with van der Waals surface area (Å²) in [6, 6.07) is 6.03. The summed E-state index contributed by atoms with van der Waals surface area (Å²) in [6.45, 7) is 1.39. The molecule has 2 N–H and O–H groups in total. The number of benzene rings is 1. The Morgan fingerprint density at radius 2 is 1.83 bits per heavy atom. The van der Waals surface area contributed by atoms with Gasteiger partial charge in [-0.25, -0.2) is 14.3 Å². The number of imide groups is 1. The SMILES string of the molecule is CCn1nc(C(=O)OCC(=O)NC(=O)NC2CCCCC2)c2ccccc2c1=O. The lowest BCUT2D eigenvalue weighted by molar-refractivity contribution is -0.123. The van der Waals surface area contributed by atoms with Gasteiger partial charge in [0.25, 0.3) is 11.5 Å². The van der Waals surface area contributed by atoms with Crippen molar-refractivity contribution in [3.8, 4) is 0 Å². The number of urea groups is 1. The molecular weight excluding hydrogens is 376 g/mol. The van der Waals surface area contributed by atoms with E-state index in [4.69, 9.17) is 4.74 Å². The molecule has 1 saturated carbocycles. The second-order valence-corrected chi connectivity index (χ2v) is 6.95. The molecule has 29 heavy (non-hydrogen) atoms. The normalized spacial score (nSPS) is 14.4. The Morgan fingerprint density at radius 3 is 2.52 bits per heavy atom. The summed E-state index contributed by atoms with van der Waals surface area (Å²) < 4.78 is 6.18. The van der Waals surface area contributed by atoms with E-state index in [1.165, 1.54) is 0 Å². The number of hydrogen-bond donors (Lipinski definition) is 2. The van der Waals surface area contributed by atoms with Crippen LogP contribution < -0.4 is 16.2 Å². The van der Waals surface area contributed by atoms with Gasteiger partial charge in [-0.05, 0) is 25.8 Å². The van der Waals surface area contributed by atoms with E-state index in [1.807, 2.05) is 0 Å². The number of aryl methyl sites for hydroxylation is 1. The first-order valence-corrected chi connectivity index (χ1v) is 9.77. The molecule has 1 aromatic heterocycles. The van der Waals surface area contributed by atoms with Gasteiger partial charge in [-0.15, -0.1) is 0 Å². The molecule has 0 radical (unpaired) electrons. The molecule has 9 heteroatoms. The van der Waals surface area contributed by atoms with Crippen molar-refractivity contribution >= 4 is 28.7 Å². The number of fused-ring (bicyclic) bond motifs is 1. The van der Waals surface area contributed by atoms with E-state index in [-0.39, 0.29) is 23.8 Å². The van der Waals surface area contributed by atoms with Crippen molar-refractivity contribution in [1.82, 2.24) is 20.4 Å². The van der Waals surface area contributed by atoms with E-state index in [1.54, 1.807) is 31.2 Å². The average Bonchev–Trinajstić information content (AvgIpc) is 2.73. The van der Waals surface area contributed by atoms with E-state index in [0.29, 0.717) is 10.8 Å². The lowest BCUT2D eigenvalue weighted by Crippen LogP contribution is -2.46. The monoisotopic (exact) mass is 400 g/mol. The molecule has 1 aliphatic carbocycles. The molecule has 0 unspecified atom stereocenters. The highest BCUT2D eigenvalue weighted by molar-refractivity contribution is 6.03. The Bertz CT molecular complexity index is 978. The molecule has 0 bridgehead atoms. The van der Waals surface area contributed by atoms with Crippen molar-refractivity contribution in [2.24, 2.45) is 0 Å². The number of amides is 3. The average molecular weight is 400 g/mol. The van der Waals surface area contributed by atoms with Crippen LogP contribution in [0, 0.1) is 0 Å². The first-order chi connectivity index (χ1) is 14.0. The van der Waals surface area contributed by atoms with Crippen LogP contribution in [0.25, 0.3) is 10.8 Å². The quantitative estimate of drug-likeness (QED) is 0.738. The van der Waals surface area contributed by atoms with Crippen molar-refractivity contribution < 1.29 is 19.1 Å². The summed E-state index contributed by atoms with van der Waals surface area (Å²) in [5, 5.41) is 9.66. The van der Waals surface area contributed by atoms with Crippen LogP contribution in [-0.4, -0.2) is 40.3 Å². The molecule has 0 aliphatic heterocycles. The first-order valence-electron chi connectivity index (χ1n) is 9.77. The van der Waals surface area contributed by atoms with Gasteiger partial charge in [0.2, 0.25) is 0 Å². The van der Waals surface area contributed by atoms with Crippen LogP contribution in [0.2, 0.25) is 0 Å². The van der Waals surface area contributed by atoms with Gasteiger partial charge >= 0.3 is 12.0 Å². The molecule has 0 atom stereocenters. The predicted molar refractivity (Wildman–Crippen MR) is 106 cm³/mol. The third-order valence-electron chi connectivity index (χ3n) is 4.89. The zero-order chi connectivity index (χ0) is 20.8. The van der Waals surface area contributed by atoms with Gasteiger partial charge in [0.05, 0.1) is 5.39 Å². The number of esters is 1. The van der Waals surface area contributed by atoms with Crippen molar-refractivity contribution in [2.75, 3.05) is 6.61 Å². The van der Waals surface area contributed by atoms with Gasteiger partial charge in [-0.3, -0.25) is 14.9 Å². The van der Waals surface area contributed by atoms with E-state index in [2.05, 4.69) is 15.7 Å². The highest BCUT2D eigenvalue weighted by atomic mass is 16.5. The number of rotatable bonds is 5. The van der Waals surface area contributed by atoms with Gasteiger partial charge in [-0.2, -0.15) is 5.10 Å². The molecule has 154 valence electrons. The van der Waals surface area contributed by atoms with Crippen LogP contribution in [0.15, 0.2) is 29.1 Å². The van der Waals surface area contributed by atoms with Gasteiger partial charge in [0, 0.05) is 18.0 Å². The Balaban J connectivity index is 1.62. The molecule has 9 nitrogen and oxygen atoms in total. The van der Waals surface area contributed by atoms with Gasteiger partial charge < -0.3 is 10.1 Å². The molecule has 0 saturated heterocycles. The lowest BCUT2D eigenvalue weighted by atomic mass is 9.96. The molecule has 1 aliphatic rings. The summed E-state index contributed by atoms with van der Waals surface area (Å²) in [5.41, 5.74) is -0.363. The lowest BCUT2D eigenvalue weighted by Gasteiger charge is -2.22. The van der Waals surface area contributed by atoms with Crippen LogP contribution in [0.4, 0.5) is 4.79 Å². The topological polar surface area (TPSA) is 119 Å². The molecule has 2 aromatic rings. The Labute approximate surface area is 167 Å². The summed E-state index contributed by atoms with van der Waals surface area (Å²) >= 11 is 0. The number of carbonyl (C=O) groups is 3. The number of aromatic nitrogens is 2. The maximum atomic E-state index is 12.5. The minimum absolute atomic E-state index is 0.0542. The second-order valence-electron chi connectivity index (χ2n) is 6.95. The van der Waals surface area contributed by atoms with Crippen LogP contribution in [0.5, 0.6) is 0 Å². The summed E-state index contributed by atoms with van der Waals surface area (Å²) in [4.78, 5) is 48.6. The van der Waals surface area contributed by atoms with Crippen LogP contribution in [0.1, 0.15) is 49.5 Å². The van der Waals surface area contributed by atoms with Crippen molar-refractivity contribution in [1.29, 1.82) is 0 Å². The molecule has 1 aromatic carbocycles. The van der Waals surface area contributed by atoms with Gasteiger partial charge in [0.15, 0.2) is 12.3 Å². The third kappa shape index (κ3) is 4.98. The number of hydrogen-bond acceptors (Lipinski definition) is 6. The fourth-order valence-corrected chi connectivity index (χ4v) is 3.43. The molecule has 3 rings (SSSR count). The minimum Gasteiger partial charge on any atom is -0.451 e. The first kappa shape index (κ1) is 20.5. The maximum absolute atomic E-state index is 12.5. The van der Waals surface area contributed by atoms with Gasteiger partial charge in [-0.1, -0.05) is 37.5 Å². The number of ether oxygens (including phenoxy) is 1. The number of nitrogens with zero attached hydrogens (tertiary/aromatic N) is 2. The second kappa shape index (κ2) is 9.31. The zero-order valence-electron chi connectivity index (χ0n) is 16.3. The highest BCUT2D eigenvalue weighted by Crippen LogP contribution is 2.17. The van der Waals surface area contributed by atoms with Crippen molar-refractivity contribution in [3.05, 3.63) is 40.3 Å². The largest absolute Gasteiger partial charge is 0.451 e. The smallest absolute Gasteiger partial charge is 0.359 e. The summed E-state index contributed by atoms with van der Waals surface area (Å²) in [6.07, 6.45) is 5.04. The van der Waals surface area contributed by atoms with Crippen molar-refractivity contribution in [3.63, 3.8) is 0 Å². The molecule has 1 heterocycles. The summed E-state index contributed by atoms with van der Waals surface area (Å²) in [5.74, 6) is -1.58. The highest BCUT2D eigenvalue weighted by Gasteiger charge is 2.20. The Kier molecular flexibility index (Phi) is 6.58. The minimum atomic E-state index is -0.841. The van der Waals surface area contributed by atoms with Crippen molar-refractivity contribution in [2.45, 2.75) is 51.6 Å². The molecule has 0 spiro atoms. The molecular formula is C20H24N4O5.